The lowest BCUT2D eigenvalue weighted by Gasteiger charge is -2.26. The molecule has 0 saturated carbocycles. The second kappa shape index (κ2) is 6.15. The van der Waals surface area contributed by atoms with E-state index in [9.17, 15) is 10.4 Å². The number of hydrogen-bond donors (Lipinski definition) is 2. The average molecular weight is 282 g/mol. The van der Waals surface area contributed by atoms with Crippen LogP contribution in [0.15, 0.2) is 36.4 Å². The minimum atomic E-state index is -0.747. The molecule has 0 radical (unpaired) electrons. The number of nitrogens with zero attached hydrogens (tertiary/aromatic N) is 1. The maximum Gasteiger partial charge on any atom is 0.0998 e. The van der Waals surface area contributed by atoms with Crippen molar-refractivity contribution >= 4 is 16.5 Å². The Morgan fingerprint density at radius 2 is 1.86 bits per heavy atom. The van der Waals surface area contributed by atoms with E-state index in [2.05, 4.69) is 25.2 Å². The second-order valence-corrected chi connectivity index (χ2v) is 6.27. The summed E-state index contributed by atoms with van der Waals surface area (Å²) in [5.41, 5.74) is 0.877. The Bertz CT molecular complexity index is 668. The summed E-state index contributed by atoms with van der Waals surface area (Å²) in [7, 11) is 0. The first kappa shape index (κ1) is 15.3. The van der Waals surface area contributed by atoms with Crippen LogP contribution in [0.1, 0.15) is 32.8 Å². The maximum atomic E-state index is 10.4. The van der Waals surface area contributed by atoms with E-state index in [1.165, 1.54) is 0 Å². The van der Waals surface area contributed by atoms with Gasteiger partial charge in [-0.25, -0.2) is 0 Å². The van der Waals surface area contributed by atoms with E-state index in [1.54, 1.807) is 0 Å². The molecule has 0 bridgehead atoms. The highest BCUT2D eigenvalue weighted by Gasteiger charge is 2.21. The van der Waals surface area contributed by atoms with Gasteiger partial charge in [0.1, 0.15) is 0 Å². The highest BCUT2D eigenvalue weighted by atomic mass is 16.3. The van der Waals surface area contributed by atoms with Crippen LogP contribution in [0.3, 0.4) is 0 Å². The molecule has 0 amide bonds. The third-order valence-electron chi connectivity index (χ3n) is 3.55. The summed E-state index contributed by atoms with van der Waals surface area (Å²) in [4.78, 5) is 0. The first-order valence-electron chi connectivity index (χ1n) is 7.31. The first-order valence-corrected chi connectivity index (χ1v) is 7.31. The van der Waals surface area contributed by atoms with Crippen LogP contribution in [0.25, 0.3) is 10.8 Å². The summed E-state index contributed by atoms with van der Waals surface area (Å²) >= 11 is 0. The molecule has 0 saturated heterocycles. The summed E-state index contributed by atoms with van der Waals surface area (Å²) in [5.74, 6) is 0.444. The quantitative estimate of drug-likeness (QED) is 0.874. The summed E-state index contributed by atoms with van der Waals surface area (Å²) < 4.78 is 0. The zero-order valence-corrected chi connectivity index (χ0v) is 12.9. The third-order valence-corrected chi connectivity index (χ3v) is 3.55. The third kappa shape index (κ3) is 3.74. The molecule has 0 spiro atoms. The SMILES string of the molecule is CC(C)CC(C)(O)CNc1ccc(C#N)c2ccccc12. The van der Waals surface area contributed by atoms with E-state index in [0.29, 0.717) is 18.0 Å². The lowest BCUT2D eigenvalue weighted by Crippen LogP contribution is -2.34. The molecule has 0 aliphatic rings. The van der Waals surface area contributed by atoms with E-state index < -0.39 is 5.60 Å². The smallest absolute Gasteiger partial charge is 0.0998 e. The predicted molar refractivity (Wildman–Crippen MR) is 87.2 cm³/mol. The van der Waals surface area contributed by atoms with Gasteiger partial charge in [0, 0.05) is 23.0 Å². The zero-order chi connectivity index (χ0) is 15.5. The lowest BCUT2D eigenvalue weighted by molar-refractivity contribution is 0.0516. The zero-order valence-electron chi connectivity index (χ0n) is 12.9. The number of hydrogen-bond acceptors (Lipinski definition) is 3. The molecule has 0 aliphatic heterocycles. The number of rotatable bonds is 5. The van der Waals surface area contributed by atoms with E-state index in [-0.39, 0.29) is 0 Å². The fourth-order valence-electron chi connectivity index (χ4n) is 2.79. The Morgan fingerprint density at radius 1 is 1.19 bits per heavy atom. The van der Waals surface area contributed by atoms with Crippen molar-refractivity contribution in [3.05, 3.63) is 42.0 Å². The largest absolute Gasteiger partial charge is 0.388 e. The maximum absolute atomic E-state index is 10.4. The van der Waals surface area contributed by atoms with Crippen LogP contribution in [0, 0.1) is 17.2 Å². The van der Waals surface area contributed by atoms with Gasteiger partial charge in [0.25, 0.3) is 0 Å². The molecule has 2 aromatic rings. The highest BCUT2D eigenvalue weighted by molar-refractivity contribution is 5.97. The summed E-state index contributed by atoms with van der Waals surface area (Å²) in [6.07, 6.45) is 0.744. The second-order valence-electron chi connectivity index (χ2n) is 6.27. The molecule has 0 aromatic heterocycles. The van der Waals surface area contributed by atoms with Crippen molar-refractivity contribution in [2.45, 2.75) is 32.8 Å². The number of anilines is 1. The molecule has 3 heteroatoms. The molecule has 110 valence electrons. The van der Waals surface area contributed by atoms with Crippen LogP contribution in [-0.2, 0) is 0 Å². The van der Waals surface area contributed by atoms with Gasteiger partial charge in [-0.1, -0.05) is 38.1 Å². The van der Waals surface area contributed by atoms with Crippen LogP contribution in [-0.4, -0.2) is 17.3 Å². The lowest BCUT2D eigenvalue weighted by atomic mass is 9.94. The molecule has 2 N–H and O–H groups in total. The van der Waals surface area contributed by atoms with Crippen molar-refractivity contribution < 1.29 is 5.11 Å². The molecule has 21 heavy (non-hydrogen) atoms. The van der Waals surface area contributed by atoms with Gasteiger partial charge in [0.15, 0.2) is 0 Å². The number of nitrogens with one attached hydrogen (secondary N) is 1. The van der Waals surface area contributed by atoms with E-state index in [0.717, 1.165) is 22.9 Å². The van der Waals surface area contributed by atoms with Crippen LogP contribution < -0.4 is 5.32 Å². The average Bonchev–Trinajstić information content (AvgIpc) is 2.43. The number of aliphatic hydroxyl groups is 1. The molecular weight excluding hydrogens is 260 g/mol. The van der Waals surface area contributed by atoms with Gasteiger partial charge in [-0.05, 0) is 31.4 Å². The van der Waals surface area contributed by atoms with Gasteiger partial charge in [0.2, 0.25) is 0 Å². The number of fused-ring (bicyclic) bond motifs is 1. The topological polar surface area (TPSA) is 56.0 Å². The van der Waals surface area contributed by atoms with E-state index in [4.69, 9.17) is 0 Å². The summed E-state index contributed by atoms with van der Waals surface area (Å²) in [6, 6.07) is 13.8. The fraction of sp³-hybridized carbons (Fsp3) is 0.389. The highest BCUT2D eigenvalue weighted by Crippen LogP contribution is 2.27. The van der Waals surface area contributed by atoms with Crippen molar-refractivity contribution in [2.24, 2.45) is 5.92 Å². The molecule has 1 atom stereocenters. The molecule has 3 nitrogen and oxygen atoms in total. The van der Waals surface area contributed by atoms with Crippen LogP contribution in [0.5, 0.6) is 0 Å². The summed E-state index contributed by atoms with van der Waals surface area (Å²) in [5, 5.41) is 24.9. The molecule has 2 rings (SSSR count). The molecule has 0 heterocycles. The number of benzene rings is 2. The monoisotopic (exact) mass is 282 g/mol. The van der Waals surface area contributed by atoms with Crippen LogP contribution in [0.2, 0.25) is 0 Å². The minimum absolute atomic E-state index is 0.444. The fourth-order valence-corrected chi connectivity index (χ4v) is 2.79. The van der Waals surface area contributed by atoms with Gasteiger partial charge in [-0.3, -0.25) is 0 Å². The van der Waals surface area contributed by atoms with Gasteiger partial charge in [0.05, 0.1) is 17.2 Å². The van der Waals surface area contributed by atoms with Crippen LogP contribution in [0.4, 0.5) is 5.69 Å². The number of nitriles is 1. The van der Waals surface area contributed by atoms with Crippen molar-refractivity contribution in [3.8, 4) is 6.07 Å². The minimum Gasteiger partial charge on any atom is -0.388 e. The van der Waals surface area contributed by atoms with E-state index in [1.807, 2.05) is 43.3 Å². The molecule has 2 aromatic carbocycles. The molecular formula is C18H22N2O. The van der Waals surface area contributed by atoms with Gasteiger partial charge in [-0.2, -0.15) is 5.26 Å². The summed E-state index contributed by atoms with van der Waals surface area (Å²) in [6.45, 7) is 6.55. The Balaban J connectivity index is 2.26. The van der Waals surface area contributed by atoms with Gasteiger partial charge < -0.3 is 10.4 Å². The van der Waals surface area contributed by atoms with Crippen molar-refractivity contribution in [3.63, 3.8) is 0 Å². The Hall–Kier alpha value is -2.05. The molecule has 0 aliphatic carbocycles. The van der Waals surface area contributed by atoms with E-state index >= 15 is 0 Å². The standard InChI is InChI=1S/C18H22N2O/c1-13(2)10-18(3,21)12-20-17-9-8-14(11-19)15-6-4-5-7-16(15)17/h4-9,13,20-21H,10,12H2,1-3H3. The van der Waals surface area contributed by atoms with Crippen molar-refractivity contribution in [1.82, 2.24) is 0 Å². The molecule has 1 unspecified atom stereocenters. The molecule has 0 fully saturated rings. The van der Waals surface area contributed by atoms with Crippen LogP contribution >= 0.6 is 0 Å². The first-order chi connectivity index (χ1) is 9.93. The Kier molecular flexibility index (Phi) is 4.50. The van der Waals surface area contributed by atoms with Gasteiger partial charge in [-0.15, -0.1) is 0 Å². The van der Waals surface area contributed by atoms with Crippen molar-refractivity contribution in [1.29, 1.82) is 5.26 Å². The van der Waals surface area contributed by atoms with Gasteiger partial charge >= 0.3 is 0 Å². The Labute approximate surface area is 126 Å². The predicted octanol–water partition coefficient (Wildman–Crippen LogP) is 3.92. The van der Waals surface area contributed by atoms with Crippen molar-refractivity contribution in [2.75, 3.05) is 11.9 Å². The normalized spacial score (nSPS) is 13.9. The Morgan fingerprint density at radius 3 is 2.48 bits per heavy atom.